The van der Waals surface area contributed by atoms with Crippen LogP contribution in [0.5, 0.6) is 11.5 Å². The number of nitrogens with zero attached hydrogens (tertiary/aromatic N) is 2. The molecule has 0 bridgehead atoms. The van der Waals surface area contributed by atoms with Gasteiger partial charge >= 0.3 is 0 Å². The monoisotopic (exact) mass is 345 g/mol. The van der Waals surface area contributed by atoms with Crippen LogP contribution >= 0.6 is 0 Å². The summed E-state index contributed by atoms with van der Waals surface area (Å²) in [5.74, 6) is 1.40. The first kappa shape index (κ1) is 17.3. The summed E-state index contributed by atoms with van der Waals surface area (Å²) >= 11 is 0. The Morgan fingerprint density at radius 2 is 1.96 bits per heavy atom. The summed E-state index contributed by atoms with van der Waals surface area (Å²) < 4.78 is 11.9. The van der Waals surface area contributed by atoms with E-state index in [1.54, 1.807) is 19.2 Å². The van der Waals surface area contributed by atoms with Gasteiger partial charge in [-0.05, 0) is 25.3 Å². The van der Waals surface area contributed by atoms with E-state index in [4.69, 9.17) is 9.47 Å². The highest BCUT2D eigenvalue weighted by Gasteiger charge is 2.30. The van der Waals surface area contributed by atoms with E-state index in [1.807, 2.05) is 13.8 Å². The van der Waals surface area contributed by atoms with Gasteiger partial charge in [0.15, 0.2) is 11.5 Å². The molecule has 0 aliphatic heterocycles. The summed E-state index contributed by atoms with van der Waals surface area (Å²) in [6.45, 7) is 3.77. The second-order valence-electron chi connectivity index (χ2n) is 6.39. The molecule has 1 amide bonds. The number of hydrogen-bond donors (Lipinski definition) is 1. The molecule has 1 fully saturated rings. The maximum absolute atomic E-state index is 13.0. The van der Waals surface area contributed by atoms with Crippen LogP contribution in [-0.2, 0) is 4.79 Å². The fourth-order valence-electron chi connectivity index (χ4n) is 2.66. The lowest BCUT2D eigenvalue weighted by atomic mass is 10.1. The minimum absolute atomic E-state index is 0.181. The number of rotatable bonds is 6. The van der Waals surface area contributed by atoms with Crippen LogP contribution in [0.25, 0.3) is 10.9 Å². The average molecular weight is 345 g/mol. The molecule has 1 atom stereocenters. The van der Waals surface area contributed by atoms with Crippen LogP contribution < -0.4 is 20.5 Å². The van der Waals surface area contributed by atoms with Crippen LogP contribution in [0, 0.1) is 5.92 Å². The third-order valence-electron chi connectivity index (χ3n) is 4.62. The van der Waals surface area contributed by atoms with E-state index in [0.29, 0.717) is 34.6 Å². The lowest BCUT2D eigenvalue weighted by Gasteiger charge is -2.17. The van der Waals surface area contributed by atoms with Gasteiger partial charge in [-0.25, -0.2) is 9.66 Å². The third kappa shape index (κ3) is 3.18. The number of carbonyl (C=O) groups is 1. The molecule has 0 saturated heterocycles. The predicted octanol–water partition coefficient (Wildman–Crippen LogP) is 2.41. The summed E-state index contributed by atoms with van der Waals surface area (Å²) in [5, 5.41) is 0.381. The zero-order valence-electron chi connectivity index (χ0n) is 15.0. The largest absolute Gasteiger partial charge is 0.493 e. The number of aromatic nitrogens is 2. The van der Waals surface area contributed by atoms with Crippen molar-refractivity contribution in [2.24, 2.45) is 5.92 Å². The number of fused-ring (bicyclic) bond motifs is 1. The molecule has 1 heterocycles. The first-order valence-electron chi connectivity index (χ1n) is 8.49. The number of hydrogen-bond acceptors (Lipinski definition) is 5. The molecule has 1 saturated carbocycles. The van der Waals surface area contributed by atoms with Gasteiger partial charge in [-0.1, -0.05) is 13.8 Å². The fourth-order valence-corrected chi connectivity index (χ4v) is 2.66. The van der Waals surface area contributed by atoms with E-state index < -0.39 is 0 Å². The van der Waals surface area contributed by atoms with Crippen molar-refractivity contribution in [2.45, 2.75) is 39.0 Å². The molecule has 134 valence electrons. The van der Waals surface area contributed by atoms with Crippen molar-refractivity contribution in [3.63, 3.8) is 0 Å². The lowest BCUT2D eigenvalue weighted by molar-refractivity contribution is -0.120. The second kappa shape index (κ2) is 6.74. The number of methoxy groups -OCH3 is 2. The third-order valence-corrected chi connectivity index (χ3v) is 4.62. The molecule has 1 aromatic carbocycles. The van der Waals surface area contributed by atoms with Gasteiger partial charge in [0.1, 0.15) is 5.82 Å². The van der Waals surface area contributed by atoms with Crippen molar-refractivity contribution in [1.82, 2.24) is 9.66 Å². The van der Waals surface area contributed by atoms with Crippen LogP contribution in [0.15, 0.2) is 16.9 Å². The second-order valence-corrected chi connectivity index (χ2v) is 6.39. The standard InChI is InChI=1S/C18H23N3O4/c1-5-10(2)17(22)20-21-16(11-6-7-11)19-13-9-15(25-4)14(24-3)8-12(13)18(21)23/h8-11H,5-7H2,1-4H3,(H,20,22)/t10-/m1/s1. The molecule has 3 rings (SSSR count). The van der Waals surface area contributed by atoms with Crippen LogP contribution in [0.1, 0.15) is 44.9 Å². The Hall–Kier alpha value is -2.57. The molecule has 0 radical (unpaired) electrons. The normalized spacial score (nSPS) is 15.0. The Bertz CT molecular complexity index is 871. The van der Waals surface area contributed by atoms with Crippen molar-refractivity contribution < 1.29 is 14.3 Å². The molecular formula is C18H23N3O4. The molecule has 7 nitrogen and oxygen atoms in total. The van der Waals surface area contributed by atoms with Crippen LogP contribution in [0.4, 0.5) is 0 Å². The number of ether oxygens (including phenoxy) is 2. The molecule has 1 aliphatic rings. The fraction of sp³-hybridized carbons (Fsp3) is 0.500. The highest BCUT2D eigenvalue weighted by molar-refractivity contribution is 5.87. The highest BCUT2D eigenvalue weighted by Crippen LogP contribution is 2.39. The molecule has 0 unspecified atom stereocenters. The van der Waals surface area contributed by atoms with Gasteiger partial charge in [0.2, 0.25) is 5.91 Å². The first-order chi connectivity index (χ1) is 12.0. The first-order valence-corrected chi connectivity index (χ1v) is 8.49. The van der Waals surface area contributed by atoms with Crippen molar-refractivity contribution in [3.8, 4) is 11.5 Å². The van der Waals surface area contributed by atoms with E-state index in [2.05, 4.69) is 10.4 Å². The summed E-state index contributed by atoms with van der Waals surface area (Å²) in [5.41, 5.74) is 2.98. The number of nitrogens with one attached hydrogen (secondary N) is 1. The maximum atomic E-state index is 13.0. The topological polar surface area (TPSA) is 82.5 Å². The molecule has 1 aromatic heterocycles. The summed E-state index contributed by atoms with van der Waals surface area (Å²) in [6, 6.07) is 3.30. The Balaban J connectivity index is 2.17. The summed E-state index contributed by atoms with van der Waals surface area (Å²) in [7, 11) is 3.05. The molecule has 1 N–H and O–H groups in total. The number of benzene rings is 1. The maximum Gasteiger partial charge on any atom is 0.280 e. The predicted molar refractivity (Wildman–Crippen MR) is 94.9 cm³/mol. The van der Waals surface area contributed by atoms with Gasteiger partial charge in [0.05, 0.1) is 25.1 Å². The molecule has 25 heavy (non-hydrogen) atoms. The minimum atomic E-state index is -0.301. The van der Waals surface area contributed by atoms with Gasteiger partial charge in [-0.2, -0.15) is 0 Å². The van der Waals surface area contributed by atoms with Gasteiger partial charge in [-0.15, -0.1) is 0 Å². The quantitative estimate of drug-likeness (QED) is 0.869. The van der Waals surface area contributed by atoms with Crippen molar-refractivity contribution in [2.75, 3.05) is 19.6 Å². The molecular weight excluding hydrogens is 322 g/mol. The zero-order valence-corrected chi connectivity index (χ0v) is 15.0. The van der Waals surface area contributed by atoms with E-state index in [1.165, 1.54) is 11.8 Å². The smallest absolute Gasteiger partial charge is 0.280 e. The zero-order chi connectivity index (χ0) is 18.1. The van der Waals surface area contributed by atoms with E-state index >= 15 is 0 Å². The molecule has 2 aromatic rings. The molecule has 1 aliphatic carbocycles. The molecule has 7 heteroatoms. The Labute approximate surface area is 145 Å². The van der Waals surface area contributed by atoms with Gasteiger partial charge in [0, 0.05) is 17.9 Å². The van der Waals surface area contributed by atoms with Crippen LogP contribution in [0.2, 0.25) is 0 Å². The summed E-state index contributed by atoms with van der Waals surface area (Å²) in [6.07, 6.45) is 2.63. The Morgan fingerprint density at radius 3 is 2.52 bits per heavy atom. The average Bonchev–Trinajstić information content (AvgIpc) is 3.46. The SMILES string of the molecule is CC[C@@H](C)C(=O)Nn1c(C2CC2)nc2cc(OC)c(OC)cc2c1=O. The summed E-state index contributed by atoms with van der Waals surface area (Å²) in [4.78, 5) is 29.9. The van der Waals surface area contributed by atoms with Gasteiger partial charge in [0.25, 0.3) is 5.56 Å². The van der Waals surface area contributed by atoms with Crippen LogP contribution in [-0.4, -0.2) is 29.8 Å². The van der Waals surface area contributed by atoms with E-state index in [-0.39, 0.29) is 23.3 Å². The van der Waals surface area contributed by atoms with Crippen molar-refractivity contribution in [3.05, 3.63) is 28.3 Å². The van der Waals surface area contributed by atoms with E-state index in [0.717, 1.165) is 12.8 Å². The lowest BCUT2D eigenvalue weighted by Crippen LogP contribution is -2.38. The Morgan fingerprint density at radius 1 is 1.32 bits per heavy atom. The van der Waals surface area contributed by atoms with Crippen molar-refractivity contribution in [1.29, 1.82) is 0 Å². The van der Waals surface area contributed by atoms with Gasteiger partial charge < -0.3 is 9.47 Å². The minimum Gasteiger partial charge on any atom is -0.493 e. The van der Waals surface area contributed by atoms with Crippen LogP contribution in [0.3, 0.4) is 0 Å². The highest BCUT2D eigenvalue weighted by atomic mass is 16.5. The molecule has 0 spiro atoms. The number of amides is 1. The number of carbonyl (C=O) groups excluding carboxylic acids is 1. The van der Waals surface area contributed by atoms with E-state index in [9.17, 15) is 9.59 Å². The van der Waals surface area contributed by atoms with Crippen molar-refractivity contribution >= 4 is 16.8 Å². The van der Waals surface area contributed by atoms with Gasteiger partial charge in [-0.3, -0.25) is 15.0 Å². The Kier molecular flexibility index (Phi) is 4.65.